The molecule has 1 aromatic heterocycles. The van der Waals surface area contributed by atoms with Gasteiger partial charge in [0.1, 0.15) is 12.4 Å². The van der Waals surface area contributed by atoms with Gasteiger partial charge in [0, 0.05) is 19.5 Å². The largest absolute Gasteiger partial charge is 0.357 e. The molecule has 1 aromatic carbocycles. The van der Waals surface area contributed by atoms with Crippen LogP contribution in [0, 0.1) is 5.92 Å². The predicted molar refractivity (Wildman–Crippen MR) is 125 cm³/mol. The summed E-state index contributed by atoms with van der Waals surface area (Å²) < 4.78 is 2.20. The number of aliphatic imine (C=N–C) groups is 1. The normalized spacial score (nSPS) is 14.5. The fourth-order valence-electron chi connectivity index (χ4n) is 3.50. The maximum Gasteiger partial charge on any atom is 0.192 e. The summed E-state index contributed by atoms with van der Waals surface area (Å²) in [5.41, 5.74) is 2.65. The number of aromatic nitrogens is 3. The molecule has 0 saturated carbocycles. The van der Waals surface area contributed by atoms with Crippen LogP contribution in [0.2, 0.25) is 0 Å². The Morgan fingerprint density at radius 1 is 1.18 bits per heavy atom. The minimum Gasteiger partial charge on any atom is -0.357 e. The lowest BCUT2D eigenvalue weighted by molar-refractivity contribution is 0.645. The molecule has 6 nitrogen and oxygen atoms in total. The smallest absolute Gasteiger partial charge is 0.192 e. The highest BCUT2D eigenvalue weighted by molar-refractivity contribution is 14.0. The van der Waals surface area contributed by atoms with Gasteiger partial charge in [-0.05, 0) is 43.7 Å². The first-order valence-electron chi connectivity index (χ1n) is 10.1. The molecule has 1 aliphatic rings. The molecule has 0 fully saturated rings. The first-order chi connectivity index (χ1) is 13.1. The van der Waals surface area contributed by atoms with Crippen molar-refractivity contribution in [3.8, 4) is 0 Å². The topological polar surface area (TPSA) is 67.1 Å². The zero-order chi connectivity index (χ0) is 19.2. The summed E-state index contributed by atoms with van der Waals surface area (Å²) in [6.07, 6.45) is 3.30. The lowest BCUT2D eigenvalue weighted by Gasteiger charge is -2.18. The van der Waals surface area contributed by atoms with Gasteiger partial charge in [-0.15, -0.1) is 34.2 Å². The van der Waals surface area contributed by atoms with Crippen molar-refractivity contribution < 1.29 is 0 Å². The highest BCUT2D eigenvalue weighted by Crippen LogP contribution is 2.16. The quantitative estimate of drug-likeness (QED) is 0.347. The lowest BCUT2D eigenvalue weighted by atomic mass is 10.00. The van der Waals surface area contributed by atoms with Crippen molar-refractivity contribution in [2.75, 3.05) is 6.54 Å². The molecule has 1 atom stereocenters. The Bertz CT molecular complexity index is 766. The minimum absolute atomic E-state index is 0. The van der Waals surface area contributed by atoms with Crippen LogP contribution in [-0.2, 0) is 25.9 Å². The van der Waals surface area contributed by atoms with E-state index in [9.17, 15) is 0 Å². The van der Waals surface area contributed by atoms with Crippen LogP contribution < -0.4 is 10.6 Å². The van der Waals surface area contributed by atoms with E-state index in [0.29, 0.717) is 12.5 Å². The molecule has 2 N–H and O–H groups in total. The van der Waals surface area contributed by atoms with Crippen LogP contribution in [0.5, 0.6) is 0 Å². The Morgan fingerprint density at radius 2 is 1.93 bits per heavy atom. The molecule has 3 rings (SSSR count). The molecule has 0 saturated heterocycles. The summed E-state index contributed by atoms with van der Waals surface area (Å²) in [7, 11) is 0. The first kappa shape index (κ1) is 22.6. The second-order valence-electron chi connectivity index (χ2n) is 7.69. The van der Waals surface area contributed by atoms with Crippen LogP contribution in [0.3, 0.4) is 0 Å². The van der Waals surface area contributed by atoms with E-state index in [1.54, 1.807) is 0 Å². The van der Waals surface area contributed by atoms with Crippen LogP contribution >= 0.6 is 24.0 Å². The molecule has 0 spiro atoms. The monoisotopic (exact) mass is 496 g/mol. The van der Waals surface area contributed by atoms with Gasteiger partial charge < -0.3 is 15.2 Å². The van der Waals surface area contributed by atoms with Gasteiger partial charge in [-0.1, -0.05) is 38.1 Å². The average molecular weight is 496 g/mol. The number of nitrogens with zero attached hydrogens (tertiary/aromatic N) is 4. The van der Waals surface area contributed by atoms with Crippen LogP contribution in [0.1, 0.15) is 62.9 Å². The van der Waals surface area contributed by atoms with E-state index < -0.39 is 0 Å². The van der Waals surface area contributed by atoms with Crippen molar-refractivity contribution in [3.63, 3.8) is 0 Å². The Balaban J connectivity index is 0.00000280. The summed E-state index contributed by atoms with van der Waals surface area (Å²) in [5, 5.41) is 15.4. The molecule has 1 unspecified atom stereocenters. The van der Waals surface area contributed by atoms with Crippen molar-refractivity contribution in [3.05, 3.63) is 47.0 Å². The molecule has 28 heavy (non-hydrogen) atoms. The number of benzene rings is 1. The third kappa shape index (κ3) is 5.93. The first-order valence-corrected chi connectivity index (χ1v) is 10.1. The summed E-state index contributed by atoms with van der Waals surface area (Å²) in [4.78, 5) is 4.73. The highest BCUT2D eigenvalue weighted by Gasteiger charge is 2.17. The maximum atomic E-state index is 4.73. The highest BCUT2D eigenvalue weighted by atomic mass is 127. The number of guanidine groups is 1. The predicted octanol–water partition coefficient (Wildman–Crippen LogP) is 3.86. The molecule has 0 radical (unpaired) electrons. The number of hydrogen-bond acceptors (Lipinski definition) is 3. The van der Waals surface area contributed by atoms with Gasteiger partial charge >= 0.3 is 0 Å². The second-order valence-corrected chi connectivity index (χ2v) is 7.69. The van der Waals surface area contributed by atoms with Gasteiger partial charge in [0.25, 0.3) is 0 Å². The lowest BCUT2D eigenvalue weighted by Crippen LogP contribution is -2.38. The summed E-state index contributed by atoms with van der Waals surface area (Å²) >= 11 is 0. The number of halogens is 1. The summed E-state index contributed by atoms with van der Waals surface area (Å²) in [5.74, 6) is 3.53. The molecule has 154 valence electrons. The SMILES string of the molecule is CCNC(=NCc1nnc2n1CCC2)NC(C)c1ccc(CC(C)C)cc1.I. The number of aryl methyl sites for hydroxylation is 1. The average Bonchev–Trinajstić information content (AvgIpc) is 3.24. The number of fused-ring (bicyclic) bond motifs is 1. The molecule has 0 bridgehead atoms. The number of rotatable bonds is 7. The van der Waals surface area contributed by atoms with Gasteiger partial charge in [-0.3, -0.25) is 0 Å². The molecule has 7 heteroatoms. The van der Waals surface area contributed by atoms with E-state index >= 15 is 0 Å². The molecule has 2 heterocycles. The molecular weight excluding hydrogens is 463 g/mol. The van der Waals surface area contributed by atoms with E-state index in [2.05, 4.69) is 77.4 Å². The van der Waals surface area contributed by atoms with E-state index in [-0.39, 0.29) is 30.0 Å². The fourth-order valence-corrected chi connectivity index (χ4v) is 3.50. The Labute approximate surface area is 185 Å². The second kappa shape index (κ2) is 10.8. The third-order valence-corrected chi connectivity index (χ3v) is 4.89. The Hall–Kier alpha value is -1.64. The maximum absolute atomic E-state index is 4.73. The number of nitrogens with one attached hydrogen (secondary N) is 2. The Morgan fingerprint density at radius 3 is 2.61 bits per heavy atom. The van der Waals surface area contributed by atoms with Crippen LogP contribution in [0.15, 0.2) is 29.3 Å². The van der Waals surface area contributed by atoms with Crippen molar-refractivity contribution in [1.82, 2.24) is 25.4 Å². The molecule has 2 aromatic rings. The Kier molecular flexibility index (Phi) is 8.72. The summed E-state index contributed by atoms with van der Waals surface area (Å²) in [6, 6.07) is 9.07. The van der Waals surface area contributed by atoms with E-state index in [0.717, 1.165) is 50.0 Å². The van der Waals surface area contributed by atoms with Crippen molar-refractivity contribution in [2.24, 2.45) is 10.9 Å². The van der Waals surface area contributed by atoms with Gasteiger partial charge in [-0.25, -0.2) is 4.99 Å². The van der Waals surface area contributed by atoms with E-state index in [4.69, 9.17) is 4.99 Å². The molecule has 0 aliphatic carbocycles. The van der Waals surface area contributed by atoms with Crippen molar-refractivity contribution in [1.29, 1.82) is 0 Å². The third-order valence-electron chi connectivity index (χ3n) is 4.89. The standard InChI is InChI=1S/C21H32N6.HI/c1-5-22-21(23-14-20-26-25-19-7-6-12-27(19)20)24-16(4)18-10-8-17(9-11-18)13-15(2)3;/h8-11,15-16H,5-7,12-14H2,1-4H3,(H2,22,23,24);1H. The molecular formula is C21H33IN6. The van der Waals surface area contributed by atoms with Crippen LogP contribution in [0.4, 0.5) is 0 Å². The van der Waals surface area contributed by atoms with Gasteiger partial charge in [0.15, 0.2) is 11.8 Å². The van der Waals surface area contributed by atoms with Gasteiger partial charge in [-0.2, -0.15) is 0 Å². The van der Waals surface area contributed by atoms with E-state index in [1.165, 1.54) is 11.1 Å². The zero-order valence-electron chi connectivity index (χ0n) is 17.4. The van der Waals surface area contributed by atoms with Crippen LogP contribution in [0.25, 0.3) is 0 Å². The summed E-state index contributed by atoms with van der Waals surface area (Å²) in [6.45, 7) is 11.1. The molecule has 1 aliphatic heterocycles. The molecule has 0 amide bonds. The number of hydrogen-bond donors (Lipinski definition) is 2. The zero-order valence-corrected chi connectivity index (χ0v) is 19.7. The van der Waals surface area contributed by atoms with Crippen LogP contribution in [-0.4, -0.2) is 27.3 Å². The fraction of sp³-hybridized carbons (Fsp3) is 0.571. The van der Waals surface area contributed by atoms with Crippen molar-refractivity contribution in [2.45, 2.75) is 66.1 Å². The van der Waals surface area contributed by atoms with Crippen molar-refractivity contribution >= 4 is 29.9 Å². The minimum atomic E-state index is 0. The van der Waals surface area contributed by atoms with Gasteiger partial charge in [0.2, 0.25) is 0 Å². The van der Waals surface area contributed by atoms with Gasteiger partial charge in [0.05, 0.1) is 6.04 Å². The van der Waals surface area contributed by atoms with E-state index in [1.807, 2.05) is 0 Å².